The molecule has 1 aliphatic rings. The van der Waals surface area contributed by atoms with Crippen LogP contribution in [0.25, 0.3) is 0 Å². The van der Waals surface area contributed by atoms with E-state index in [0.717, 1.165) is 19.0 Å². The molecule has 0 fully saturated rings. The molecule has 0 aromatic carbocycles. The Morgan fingerprint density at radius 2 is 2.27 bits per heavy atom. The van der Waals surface area contributed by atoms with Gasteiger partial charge in [0.05, 0.1) is 0 Å². The molecule has 0 amide bonds. The number of hydrogen-bond acceptors (Lipinski definition) is 3. The summed E-state index contributed by atoms with van der Waals surface area (Å²) in [4.78, 5) is 4.40. The van der Waals surface area contributed by atoms with Crippen molar-refractivity contribution in [3.63, 3.8) is 0 Å². The summed E-state index contributed by atoms with van der Waals surface area (Å²) in [5.74, 6) is 1.33. The van der Waals surface area contributed by atoms with Gasteiger partial charge in [-0.1, -0.05) is 13.8 Å². The van der Waals surface area contributed by atoms with E-state index < -0.39 is 0 Å². The van der Waals surface area contributed by atoms with Crippen LogP contribution in [0.2, 0.25) is 0 Å². The summed E-state index contributed by atoms with van der Waals surface area (Å²) in [5, 5.41) is 3.35. The van der Waals surface area contributed by atoms with Gasteiger partial charge in [-0.2, -0.15) is 0 Å². The first kappa shape index (κ1) is 10.4. The number of fused-ring (bicyclic) bond motifs is 1. The van der Waals surface area contributed by atoms with Crippen molar-refractivity contribution in [1.82, 2.24) is 10.3 Å². The number of nitrogens with one attached hydrogen (secondary N) is 1. The van der Waals surface area contributed by atoms with Gasteiger partial charge in [0, 0.05) is 24.8 Å². The van der Waals surface area contributed by atoms with Crippen molar-refractivity contribution < 1.29 is 4.74 Å². The minimum atomic E-state index is 0.519. The Bertz CT molecular complexity index is 361. The van der Waals surface area contributed by atoms with Crippen LogP contribution in [-0.4, -0.2) is 18.1 Å². The average Bonchev–Trinajstić information content (AvgIpc) is 2.43. The van der Waals surface area contributed by atoms with Crippen LogP contribution in [-0.2, 0) is 6.54 Å². The van der Waals surface area contributed by atoms with Crippen molar-refractivity contribution in [2.24, 2.45) is 0 Å². The van der Waals surface area contributed by atoms with E-state index in [9.17, 15) is 0 Å². The van der Waals surface area contributed by atoms with Crippen molar-refractivity contribution in [3.05, 3.63) is 22.9 Å². The fourth-order valence-electron chi connectivity index (χ4n) is 1.99. The van der Waals surface area contributed by atoms with Crippen LogP contribution >= 0.6 is 0 Å². The summed E-state index contributed by atoms with van der Waals surface area (Å²) in [7, 11) is 0. The predicted molar refractivity (Wildman–Crippen MR) is 60.3 cm³/mol. The molecule has 1 aromatic heterocycles. The molecule has 1 N–H and O–H groups in total. The monoisotopic (exact) mass is 206 g/mol. The third-order valence-corrected chi connectivity index (χ3v) is 2.91. The molecular weight excluding hydrogens is 188 g/mol. The van der Waals surface area contributed by atoms with Gasteiger partial charge in [-0.05, 0) is 24.0 Å². The van der Waals surface area contributed by atoms with Crippen LogP contribution in [0, 0.1) is 6.92 Å². The summed E-state index contributed by atoms with van der Waals surface area (Å²) in [6, 6.07) is 0. The Hall–Kier alpha value is -1.09. The number of ether oxygens (including phenoxy) is 1. The number of hydrogen-bond donors (Lipinski definition) is 1. The second-order valence-corrected chi connectivity index (χ2v) is 4.30. The number of nitrogens with zero attached hydrogens (tertiary/aromatic N) is 1. The van der Waals surface area contributed by atoms with Crippen LogP contribution in [0.5, 0.6) is 5.88 Å². The Kier molecular flexibility index (Phi) is 2.91. The molecule has 2 rings (SSSR count). The zero-order chi connectivity index (χ0) is 10.8. The zero-order valence-electron chi connectivity index (χ0n) is 9.63. The highest BCUT2D eigenvalue weighted by atomic mass is 16.5. The maximum Gasteiger partial charge on any atom is 0.218 e. The molecule has 0 saturated heterocycles. The van der Waals surface area contributed by atoms with E-state index in [-0.39, 0.29) is 0 Å². The molecule has 0 radical (unpaired) electrons. The highest BCUT2D eigenvalue weighted by Crippen LogP contribution is 2.27. The summed E-state index contributed by atoms with van der Waals surface area (Å²) in [6.45, 7) is 9.02. The van der Waals surface area contributed by atoms with E-state index in [2.05, 4.69) is 31.1 Å². The molecule has 1 aliphatic heterocycles. The zero-order valence-corrected chi connectivity index (χ0v) is 9.63. The Balaban J connectivity index is 2.46. The maximum absolute atomic E-state index is 5.59. The number of pyridine rings is 1. The molecule has 0 bridgehead atoms. The van der Waals surface area contributed by atoms with Gasteiger partial charge in [-0.25, -0.2) is 4.98 Å². The van der Waals surface area contributed by atoms with Crippen LogP contribution in [0.4, 0.5) is 0 Å². The van der Waals surface area contributed by atoms with Crippen molar-refractivity contribution in [2.45, 2.75) is 33.2 Å². The van der Waals surface area contributed by atoms with Gasteiger partial charge in [0.1, 0.15) is 6.61 Å². The number of aromatic nitrogens is 1. The van der Waals surface area contributed by atoms with Crippen LogP contribution in [0.1, 0.15) is 36.5 Å². The lowest BCUT2D eigenvalue weighted by atomic mass is 9.97. The molecule has 3 nitrogen and oxygen atoms in total. The molecule has 0 saturated carbocycles. The van der Waals surface area contributed by atoms with E-state index in [4.69, 9.17) is 4.74 Å². The average molecular weight is 206 g/mol. The summed E-state index contributed by atoms with van der Waals surface area (Å²) < 4.78 is 5.59. The standard InChI is InChI=1S/C12H18N2O/c1-8(2)10-7-14-12-11(9(10)3)6-13-4-5-15-12/h7-8,13H,4-6H2,1-3H3. The quantitative estimate of drug-likeness (QED) is 0.763. The van der Waals surface area contributed by atoms with E-state index in [1.54, 1.807) is 0 Å². The van der Waals surface area contributed by atoms with Crippen molar-refractivity contribution >= 4 is 0 Å². The highest BCUT2D eigenvalue weighted by molar-refractivity contribution is 5.40. The van der Waals surface area contributed by atoms with Gasteiger partial charge in [0.15, 0.2) is 0 Å². The van der Waals surface area contributed by atoms with Crippen molar-refractivity contribution in [2.75, 3.05) is 13.2 Å². The number of rotatable bonds is 1. The lowest BCUT2D eigenvalue weighted by Gasteiger charge is -2.14. The Labute approximate surface area is 90.9 Å². The molecule has 0 atom stereocenters. The highest BCUT2D eigenvalue weighted by Gasteiger charge is 2.16. The van der Waals surface area contributed by atoms with E-state index >= 15 is 0 Å². The topological polar surface area (TPSA) is 34.2 Å². The maximum atomic E-state index is 5.59. The smallest absolute Gasteiger partial charge is 0.218 e. The fraction of sp³-hybridized carbons (Fsp3) is 0.583. The SMILES string of the molecule is Cc1c(C(C)C)cnc2c1CNCCO2. The molecule has 1 aromatic rings. The minimum Gasteiger partial charge on any atom is -0.476 e. The second-order valence-electron chi connectivity index (χ2n) is 4.30. The van der Waals surface area contributed by atoms with Gasteiger partial charge >= 0.3 is 0 Å². The third kappa shape index (κ3) is 1.97. The molecular formula is C12H18N2O. The third-order valence-electron chi connectivity index (χ3n) is 2.91. The largest absolute Gasteiger partial charge is 0.476 e. The van der Waals surface area contributed by atoms with Gasteiger partial charge in [0.2, 0.25) is 5.88 Å². The fourth-order valence-corrected chi connectivity index (χ4v) is 1.99. The predicted octanol–water partition coefficient (Wildman–Crippen LogP) is 2.00. The minimum absolute atomic E-state index is 0.519. The molecule has 82 valence electrons. The Morgan fingerprint density at radius 3 is 3.00 bits per heavy atom. The first-order valence-corrected chi connectivity index (χ1v) is 5.52. The summed E-state index contributed by atoms with van der Waals surface area (Å²) in [5.41, 5.74) is 3.86. The van der Waals surface area contributed by atoms with E-state index in [1.165, 1.54) is 16.7 Å². The van der Waals surface area contributed by atoms with E-state index in [1.807, 2.05) is 6.20 Å². The lowest BCUT2D eigenvalue weighted by Crippen LogP contribution is -2.16. The second kappa shape index (κ2) is 4.19. The van der Waals surface area contributed by atoms with Crippen LogP contribution in [0.15, 0.2) is 6.20 Å². The van der Waals surface area contributed by atoms with Gasteiger partial charge in [-0.15, -0.1) is 0 Å². The van der Waals surface area contributed by atoms with E-state index in [0.29, 0.717) is 12.5 Å². The lowest BCUT2D eigenvalue weighted by molar-refractivity contribution is 0.313. The Morgan fingerprint density at radius 1 is 1.47 bits per heavy atom. The molecule has 0 aliphatic carbocycles. The molecule has 15 heavy (non-hydrogen) atoms. The molecule has 2 heterocycles. The van der Waals surface area contributed by atoms with Crippen LogP contribution < -0.4 is 10.1 Å². The summed E-state index contributed by atoms with van der Waals surface area (Å²) >= 11 is 0. The van der Waals surface area contributed by atoms with Crippen molar-refractivity contribution in [1.29, 1.82) is 0 Å². The molecule has 0 spiro atoms. The first-order valence-electron chi connectivity index (χ1n) is 5.52. The van der Waals surface area contributed by atoms with Gasteiger partial charge in [0.25, 0.3) is 0 Å². The summed E-state index contributed by atoms with van der Waals surface area (Å²) in [6.07, 6.45) is 1.95. The van der Waals surface area contributed by atoms with Gasteiger partial charge in [-0.3, -0.25) is 0 Å². The first-order chi connectivity index (χ1) is 7.20. The van der Waals surface area contributed by atoms with Crippen LogP contribution in [0.3, 0.4) is 0 Å². The van der Waals surface area contributed by atoms with Crippen molar-refractivity contribution in [3.8, 4) is 5.88 Å². The molecule has 3 heteroatoms. The normalized spacial score (nSPS) is 15.7. The van der Waals surface area contributed by atoms with Gasteiger partial charge < -0.3 is 10.1 Å². The molecule has 0 unspecified atom stereocenters.